The topological polar surface area (TPSA) is 175 Å². The van der Waals surface area contributed by atoms with Crippen molar-refractivity contribution in [2.45, 2.75) is 263 Å². The summed E-state index contributed by atoms with van der Waals surface area (Å²) in [5, 5.41) is 31.5. The molecular formula is C65H104O12. The third kappa shape index (κ3) is 42.1. The van der Waals surface area contributed by atoms with Gasteiger partial charge >= 0.3 is 23.9 Å². The Morgan fingerprint density at radius 1 is 0.442 bits per heavy atom. The van der Waals surface area contributed by atoms with E-state index < -0.39 is 67.3 Å². The number of carboxylic acid groups (broad SMARTS) is 1. The maximum absolute atomic E-state index is 13.1. The van der Waals surface area contributed by atoms with Crippen LogP contribution in [0.4, 0.5) is 0 Å². The predicted molar refractivity (Wildman–Crippen MR) is 312 cm³/mol. The number of aliphatic carboxylic acids is 1. The zero-order chi connectivity index (χ0) is 56.1. The number of hydrogen-bond donors (Lipinski definition) is 3. The van der Waals surface area contributed by atoms with E-state index in [-0.39, 0.29) is 25.9 Å². The predicted octanol–water partition coefficient (Wildman–Crippen LogP) is 15.4. The van der Waals surface area contributed by atoms with Crippen LogP contribution in [0.1, 0.15) is 226 Å². The summed E-state index contributed by atoms with van der Waals surface area (Å²) >= 11 is 0. The van der Waals surface area contributed by atoms with Gasteiger partial charge in [0, 0.05) is 19.3 Å². The summed E-state index contributed by atoms with van der Waals surface area (Å²) in [5.41, 5.74) is 0. The molecule has 0 saturated carbocycles. The molecule has 1 aliphatic rings. The molecule has 1 aliphatic heterocycles. The van der Waals surface area contributed by atoms with Crippen molar-refractivity contribution >= 4 is 23.9 Å². The number of esters is 3. The second kappa shape index (κ2) is 52.1. The van der Waals surface area contributed by atoms with Crippen molar-refractivity contribution in [2.24, 2.45) is 0 Å². The summed E-state index contributed by atoms with van der Waals surface area (Å²) < 4.78 is 28.4. The maximum atomic E-state index is 13.1. The summed E-state index contributed by atoms with van der Waals surface area (Å²) in [6.07, 6.45) is 57.7. The van der Waals surface area contributed by atoms with Gasteiger partial charge in [0.05, 0.1) is 6.61 Å². The van der Waals surface area contributed by atoms with Crippen molar-refractivity contribution in [3.8, 4) is 0 Å². The molecule has 77 heavy (non-hydrogen) atoms. The normalized spacial score (nSPS) is 18.8. The molecule has 0 aromatic rings. The number of carbonyl (C=O) groups is 4. The van der Waals surface area contributed by atoms with E-state index in [1.54, 1.807) is 0 Å². The first kappa shape index (κ1) is 70.4. The zero-order valence-electron chi connectivity index (χ0n) is 47.9. The van der Waals surface area contributed by atoms with Crippen LogP contribution in [0.3, 0.4) is 0 Å². The fourth-order valence-electron chi connectivity index (χ4n) is 8.28. The average Bonchev–Trinajstić information content (AvgIpc) is 3.42. The van der Waals surface area contributed by atoms with Crippen LogP contribution in [-0.2, 0) is 42.9 Å². The third-order valence-corrected chi connectivity index (χ3v) is 12.8. The number of carboxylic acids is 1. The minimum atomic E-state index is -1.92. The molecule has 1 rings (SSSR count). The lowest BCUT2D eigenvalue weighted by molar-refractivity contribution is -0.301. The second-order valence-corrected chi connectivity index (χ2v) is 19.9. The molecule has 3 N–H and O–H groups in total. The van der Waals surface area contributed by atoms with E-state index in [9.17, 15) is 34.5 Å². The van der Waals surface area contributed by atoms with Gasteiger partial charge in [0.1, 0.15) is 18.8 Å². The molecule has 0 aromatic carbocycles. The Balaban J connectivity index is 2.71. The number of allylic oxidation sites excluding steroid dienone is 18. The molecule has 1 saturated heterocycles. The number of ether oxygens (including phenoxy) is 5. The molecule has 1 fully saturated rings. The summed E-state index contributed by atoms with van der Waals surface area (Å²) in [7, 11) is 0. The first-order valence-corrected chi connectivity index (χ1v) is 29.9. The number of rotatable bonds is 49. The minimum Gasteiger partial charge on any atom is -0.479 e. The fraction of sp³-hybridized carbons (Fsp3) is 0.662. The average molecular weight is 1080 g/mol. The van der Waals surface area contributed by atoms with Gasteiger partial charge < -0.3 is 39.0 Å². The minimum absolute atomic E-state index is 0.0338. The summed E-state index contributed by atoms with van der Waals surface area (Å²) in [6.45, 7) is 5.69. The molecule has 6 atom stereocenters. The van der Waals surface area contributed by atoms with Crippen LogP contribution in [0.25, 0.3) is 0 Å². The Morgan fingerprint density at radius 3 is 1.26 bits per heavy atom. The Bertz CT molecular complexity index is 1750. The van der Waals surface area contributed by atoms with Crippen molar-refractivity contribution in [3.63, 3.8) is 0 Å². The molecule has 12 heteroatoms. The van der Waals surface area contributed by atoms with Crippen LogP contribution in [0.2, 0.25) is 0 Å². The van der Waals surface area contributed by atoms with E-state index in [4.69, 9.17) is 23.7 Å². The molecular weight excluding hydrogens is 973 g/mol. The molecule has 0 bridgehead atoms. The first-order valence-electron chi connectivity index (χ1n) is 29.9. The largest absolute Gasteiger partial charge is 0.479 e. The van der Waals surface area contributed by atoms with Gasteiger partial charge in [-0.2, -0.15) is 0 Å². The van der Waals surface area contributed by atoms with Crippen LogP contribution >= 0.6 is 0 Å². The van der Waals surface area contributed by atoms with Gasteiger partial charge in [-0.25, -0.2) is 4.79 Å². The van der Waals surface area contributed by atoms with Gasteiger partial charge in [0.2, 0.25) is 0 Å². The lowest BCUT2D eigenvalue weighted by atomic mass is 9.98. The number of unbranched alkanes of at least 4 members (excludes halogenated alkanes) is 17. The summed E-state index contributed by atoms with van der Waals surface area (Å²) in [5.74, 6) is -3.21. The summed E-state index contributed by atoms with van der Waals surface area (Å²) in [6, 6.07) is 0. The zero-order valence-corrected chi connectivity index (χ0v) is 47.9. The van der Waals surface area contributed by atoms with Crippen molar-refractivity contribution in [3.05, 3.63) is 109 Å². The molecule has 436 valence electrons. The van der Waals surface area contributed by atoms with Crippen LogP contribution in [0, 0.1) is 0 Å². The standard InChI is InChI=1S/C65H104O12/c1-4-7-10-13-16-19-22-25-27-28-29-30-32-35-38-41-44-47-50-53-59(68)76-63-61(70)60(69)62(64(71)72)77-65(63)74-55-56(75-58(67)52-49-46-43-40-37-33-24-21-18-15-12-9-6-3)54-73-57(66)51-48-45-42-39-36-34-31-26-23-20-17-14-11-8-5-2/h7,9-10,12,16-21,25-27,29-31,33,37,56,60-63,65,69-70H,4-6,8,11,13-15,22-24,28,32,34-36,38-55H2,1-3H3,(H,71,72)/b10-7-,12-9-,19-16-,20-17-,21-18-,27-25-,30-29-,31-26-,37-33-. The van der Waals surface area contributed by atoms with Crippen molar-refractivity contribution < 1.29 is 58.2 Å². The van der Waals surface area contributed by atoms with Gasteiger partial charge in [-0.3, -0.25) is 14.4 Å². The van der Waals surface area contributed by atoms with Crippen LogP contribution in [0.15, 0.2) is 109 Å². The monoisotopic (exact) mass is 1080 g/mol. The van der Waals surface area contributed by atoms with Gasteiger partial charge in [-0.15, -0.1) is 0 Å². The van der Waals surface area contributed by atoms with Crippen LogP contribution < -0.4 is 0 Å². The van der Waals surface area contributed by atoms with Crippen LogP contribution in [0.5, 0.6) is 0 Å². The van der Waals surface area contributed by atoms with Gasteiger partial charge in [0.25, 0.3) is 0 Å². The summed E-state index contributed by atoms with van der Waals surface area (Å²) in [4.78, 5) is 51.1. The third-order valence-electron chi connectivity index (χ3n) is 12.8. The van der Waals surface area contributed by atoms with Gasteiger partial charge in [-0.1, -0.05) is 194 Å². The molecule has 0 radical (unpaired) electrons. The van der Waals surface area contributed by atoms with Crippen molar-refractivity contribution in [1.29, 1.82) is 0 Å². The second-order valence-electron chi connectivity index (χ2n) is 19.9. The lowest BCUT2D eigenvalue weighted by Crippen LogP contribution is -2.61. The number of carbonyl (C=O) groups excluding carboxylic acids is 3. The van der Waals surface area contributed by atoms with Crippen molar-refractivity contribution in [2.75, 3.05) is 13.2 Å². The lowest BCUT2D eigenvalue weighted by Gasteiger charge is -2.40. The highest BCUT2D eigenvalue weighted by Crippen LogP contribution is 2.26. The highest BCUT2D eigenvalue weighted by Gasteiger charge is 2.50. The van der Waals surface area contributed by atoms with E-state index in [1.807, 2.05) is 0 Å². The Hall–Kier alpha value is -4.62. The molecule has 0 amide bonds. The number of aliphatic hydroxyl groups is 2. The molecule has 0 spiro atoms. The molecule has 6 unspecified atom stereocenters. The van der Waals surface area contributed by atoms with E-state index >= 15 is 0 Å². The molecule has 12 nitrogen and oxygen atoms in total. The van der Waals surface area contributed by atoms with Crippen molar-refractivity contribution in [1.82, 2.24) is 0 Å². The smallest absolute Gasteiger partial charge is 0.335 e. The quantitative estimate of drug-likeness (QED) is 0.0228. The van der Waals surface area contributed by atoms with E-state index in [2.05, 4.69) is 130 Å². The molecule has 0 aromatic heterocycles. The fourth-order valence-corrected chi connectivity index (χ4v) is 8.28. The highest BCUT2D eigenvalue weighted by atomic mass is 16.7. The Kier molecular flexibility index (Phi) is 47.6. The number of aliphatic hydroxyl groups excluding tert-OH is 2. The first-order chi connectivity index (χ1) is 37.6. The van der Waals surface area contributed by atoms with E-state index in [0.717, 1.165) is 148 Å². The van der Waals surface area contributed by atoms with E-state index in [0.29, 0.717) is 19.3 Å². The SMILES string of the molecule is CC/C=C\C/C=C\C/C=C\C/C=C\CCCCCCCCC(=O)OC1C(OCC(COC(=O)CCCCCCC/C=C\C/C=C\CCCCC)OC(=O)CCCCC/C=C\C/C=C\C/C=C\CC)OC(C(=O)O)C(O)C1O. The number of hydrogen-bond acceptors (Lipinski definition) is 11. The molecule has 1 heterocycles. The maximum Gasteiger partial charge on any atom is 0.335 e. The Morgan fingerprint density at radius 2 is 0.818 bits per heavy atom. The van der Waals surface area contributed by atoms with E-state index in [1.165, 1.54) is 19.3 Å². The van der Waals surface area contributed by atoms with Gasteiger partial charge in [-0.05, 0) is 122 Å². The highest BCUT2D eigenvalue weighted by molar-refractivity contribution is 5.74. The van der Waals surface area contributed by atoms with Gasteiger partial charge in [0.15, 0.2) is 24.6 Å². The Labute approximate surface area is 465 Å². The molecule has 0 aliphatic carbocycles. The van der Waals surface area contributed by atoms with Crippen LogP contribution in [-0.4, -0.2) is 89.2 Å².